The van der Waals surface area contributed by atoms with Crippen LogP contribution < -0.4 is 5.32 Å². The first kappa shape index (κ1) is 19.6. The Kier molecular flexibility index (Phi) is 5.35. The van der Waals surface area contributed by atoms with Crippen LogP contribution in [0.15, 0.2) is 55.0 Å². The van der Waals surface area contributed by atoms with Crippen LogP contribution >= 0.6 is 0 Å². The molecular formula is C23H24F3N3. The molecule has 2 N–H and O–H groups in total. The normalized spacial score (nSPS) is 14.7. The number of alkyl halides is 3. The summed E-state index contributed by atoms with van der Waals surface area (Å²) in [5.41, 5.74) is 4.38. The highest BCUT2D eigenvalue weighted by atomic mass is 19.4. The summed E-state index contributed by atoms with van der Waals surface area (Å²) in [6, 6.07) is 8.90. The highest BCUT2D eigenvalue weighted by Gasteiger charge is 2.31. The van der Waals surface area contributed by atoms with E-state index in [1.807, 2.05) is 6.20 Å². The van der Waals surface area contributed by atoms with Gasteiger partial charge in [-0.25, -0.2) is 0 Å². The van der Waals surface area contributed by atoms with Gasteiger partial charge in [0.15, 0.2) is 0 Å². The van der Waals surface area contributed by atoms with Crippen LogP contribution in [-0.4, -0.2) is 9.97 Å². The number of aryl methyl sites for hydroxylation is 2. The number of aromatic amines is 1. The van der Waals surface area contributed by atoms with Crippen LogP contribution in [0, 0.1) is 5.92 Å². The molecule has 1 aliphatic rings. The lowest BCUT2D eigenvalue weighted by Crippen LogP contribution is -2.17. The number of anilines is 1. The second-order valence-electron chi connectivity index (χ2n) is 7.76. The number of fused-ring (bicyclic) bond motifs is 1. The van der Waals surface area contributed by atoms with Gasteiger partial charge >= 0.3 is 6.18 Å². The summed E-state index contributed by atoms with van der Waals surface area (Å²) in [6.45, 7) is 4.18. The minimum atomic E-state index is -4.39. The Morgan fingerprint density at radius 2 is 1.90 bits per heavy atom. The molecule has 0 amide bonds. The van der Waals surface area contributed by atoms with E-state index in [1.54, 1.807) is 0 Å². The van der Waals surface area contributed by atoms with E-state index in [-0.39, 0.29) is 0 Å². The van der Waals surface area contributed by atoms with Crippen molar-refractivity contribution in [2.24, 2.45) is 5.92 Å². The monoisotopic (exact) mass is 399 g/mol. The van der Waals surface area contributed by atoms with Gasteiger partial charge in [-0.3, -0.25) is 4.98 Å². The highest BCUT2D eigenvalue weighted by Crippen LogP contribution is 2.34. The Bertz CT molecular complexity index is 998. The van der Waals surface area contributed by atoms with Gasteiger partial charge in [-0.05, 0) is 67.3 Å². The van der Waals surface area contributed by atoms with Crippen molar-refractivity contribution in [3.8, 4) is 0 Å². The van der Waals surface area contributed by atoms with Gasteiger partial charge in [0.1, 0.15) is 5.69 Å². The SMILES string of the molecule is C=C(Nc1c[nH]c2ccc(CCCc3ccc(C(F)(F)F)nc3)cc12)C1CCC1. The third-order valence-electron chi connectivity index (χ3n) is 5.69. The van der Waals surface area contributed by atoms with Crippen molar-refractivity contribution in [2.45, 2.75) is 44.7 Å². The maximum Gasteiger partial charge on any atom is 0.433 e. The Morgan fingerprint density at radius 3 is 2.55 bits per heavy atom. The Morgan fingerprint density at radius 1 is 1.14 bits per heavy atom. The minimum absolute atomic E-state index is 0.570. The summed E-state index contributed by atoms with van der Waals surface area (Å²) in [6.07, 6.45) is 5.00. The summed E-state index contributed by atoms with van der Waals surface area (Å²) in [4.78, 5) is 6.82. The van der Waals surface area contributed by atoms with Crippen LogP contribution in [0.3, 0.4) is 0 Å². The van der Waals surface area contributed by atoms with E-state index in [0.29, 0.717) is 12.3 Å². The average molecular weight is 399 g/mol. The fourth-order valence-electron chi connectivity index (χ4n) is 3.70. The molecule has 1 saturated carbocycles. The van der Waals surface area contributed by atoms with Crippen molar-refractivity contribution in [3.05, 3.63) is 71.8 Å². The van der Waals surface area contributed by atoms with Gasteiger partial charge in [-0.1, -0.05) is 25.1 Å². The molecule has 0 atom stereocenters. The molecule has 0 radical (unpaired) electrons. The van der Waals surface area contributed by atoms with E-state index < -0.39 is 11.9 Å². The highest BCUT2D eigenvalue weighted by molar-refractivity contribution is 5.93. The number of rotatable bonds is 7. The van der Waals surface area contributed by atoms with E-state index in [1.165, 1.54) is 37.1 Å². The Labute approximate surface area is 168 Å². The topological polar surface area (TPSA) is 40.7 Å². The number of nitrogens with one attached hydrogen (secondary N) is 2. The lowest BCUT2D eigenvalue weighted by atomic mass is 9.83. The molecule has 3 nitrogen and oxygen atoms in total. The first-order valence-corrected chi connectivity index (χ1v) is 9.98. The second kappa shape index (κ2) is 7.93. The zero-order valence-electron chi connectivity index (χ0n) is 16.1. The number of pyridine rings is 1. The third-order valence-corrected chi connectivity index (χ3v) is 5.69. The average Bonchev–Trinajstić information content (AvgIpc) is 3.02. The number of hydrogen-bond acceptors (Lipinski definition) is 2. The molecule has 1 fully saturated rings. The number of allylic oxidation sites excluding steroid dienone is 1. The summed E-state index contributed by atoms with van der Waals surface area (Å²) in [5, 5.41) is 4.61. The molecule has 2 heterocycles. The smallest absolute Gasteiger partial charge is 0.359 e. The van der Waals surface area contributed by atoms with Gasteiger partial charge in [0.05, 0.1) is 5.69 Å². The standard InChI is InChI=1S/C23H24F3N3/c1-15(18-6-3-7-18)29-21-14-27-20-10-8-16(12-19(20)21)4-2-5-17-9-11-22(28-13-17)23(24,25)26/h8-14,18,27,29H,1-7H2. The number of hydrogen-bond donors (Lipinski definition) is 2. The quantitative estimate of drug-likeness (QED) is 0.477. The molecule has 6 heteroatoms. The maximum absolute atomic E-state index is 12.6. The lowest BCUT2D eigenvalue weighted by Gasteiger charge is -2.28. The van der Waals surface area contributed by atoms with Crippen molar-refractivity contribution in [2.75, 3.05) is 5.32 Å². The maximum atomic E-state index is 12.6. The number of H-pyrrole nitrogens is 1. The van der Waals surface area contributed by atoms with Crippen molar-refractivity contribution >= 4 is 16.6 Å². The van der Waals surface area contributed by atoms with E-state index in [2.05, 4.69) is 40.1 Å². The fourth-order valence-corrected chi connectivity index (χ4v) is 3.70. The molecule has 152 valence electrons. The molecule has 1 aliphatic carbocycles. The van der Waals surface area contributed by atoms with Crippen molar-refractivity contribution in [1.82, 2.24) is 9.97 Å². The molecule has 0 aliphatic heterocycles. The molecule has 0 bridgehead atoms. The van der Waals surface area contributed by atoms with Gasteiger partial charge in [-0.15, -0.1) is 0 Å². The van der Waals surface area contributed by atoms with Crippen LogP contribution in [-0.2, 0) is 19.0 Å². The molecule has 0 unspecified atom stereocenters. The van der Waals surface area contributed by atoms with Gasteiger partial charge in [0.2, 0.25) is 0 Å². The van der Waals surface area contributed by atoms with E-state index in [4.69, 9.17) is 0 Å². The molecule has 29 heavy (non-hydrogen) atoms. The van der Waals surface area contributed by atoms with Crippen molar-refractivity contribution in [1.29, 1.82) is 0 Å². The zero-order chi connectivity index (χ0) is 20.4. The first-order chi connectivity index (χ1) is 13.9. The summed E-state index contributed by atoms with van der Waals surface area (Å²) in [7, 11) is 0. The first-order valence-electron chi connectivity index (χ1n) is 9.98. The number of halogens is 3. The van der Waals surface area contributed by atoms with Crippen LogP contribution in [0.2, 0.25) is 0 Å². The summed E-state index contributed by atoms with van der Waals surface area (Å²) < 4.78 is 37.8. The number of benzene rings is 1. The number of aromatic nitrogens is 2. The largest absolute Gasteiger partial charge is 0.433 e. The van der Waals surface area contributed by atoms with E-state index in [0.717, 1.165) is 46.8 Å². The Hall–Kier alpha value is -2.76. The summed E-state index contributed by atoms with van der Waals surface area (Å²) >= 11 is 0. The summed E-state index contributed by atoms with van der Waals surface area (Å²) in [5.74, 6) is 0.570. The predicted octanol–water partition coefficient (Wildman–Crippen LogP) is 6.48. The third kappa shape index (κ3) is 4.47. The van der Waals surface area contributed by atoms with E-state index in [9.17, 15) is 13.2 Å². The molecule has 2 aromatic heterocycles. The minimum Gasteiger partial charge on any atom is -0.359 e. The zero-order valence-corrected chi connectivity index (χ0v) is 16.1. The van der Waals surface area contributed by atoms with Gasteiger partial charge in [0.25, 0.3) is 0 Å². The Balaban J connectivity index is 1.38. The molecule has 0 spiro atoms. The second-order valence-corrected chi connectivity index (χ2v) is 7.76. The van der Waals surface area contributed by atoms with Crippen LogP contribution in [0.4, 0.5) is 18.9 Å². The van der Waals surface area contributed by atoms with Gasteiger partial charge in [-0.2, -0.15) is 13.2 Å². The van der Waals surface area contributed by atoms with E-state index >= 15 is 0 Å². The molecule has 0 saturated heterocycles. The van der Waals surface area contributed by atoms with Crippen molar-refractivity contribution < 1.29 is 13.2 Å². The lowest BCUT2D eigenvalue weighted by molar-refractivity contribution is -0.141. The molecule has 4 rings (SSSR count). The van der Waals surface area contributed by atoms with Crippen molar-refractivity contribution in [3.63, 3.8) is 0 Å². The van der Waals surface area contributed by atoms with Gasteiger partial charge < -0.3 is 10.3 Å². The molecule has 3 aromatic rings. The number of nitrogens with zero attached hydrogens (tertiary/aromatic N) is 1. The fraction of sp³-hybridized carbons (Fsp3) is 0.348. The van der Waals surface area contributed by atoms with Crippen LogP contribution in [0.1, 0.15) is 42.5 Å². The van der Waals surface area contributed by atoms with Gasteiger partial charge in [0, 0.05) is 29.0 Å². The molecule has 1 aromatic carbocycles. The van der Waals surface area contributed by atoms with Crippen LogP contribution in [0.25, 0.3) is 10.9 Å². The predicted molar refractivity (Wildman–Crippen MR) is 110 cm³/mol. The van der Waals surface area contributed by atoms with Crippen LogP contribution in [0.5, 0.6) is 0 Å². The molecular weight excluding hydrogens is 375 g/mol.